The Bertz CT molecular complexity index is 600. The van der Waals surface area contributed by atoms with Crippen molar-refractivity contribution in [2.45, 2.75) is 27.7 Å². The van der Waals surface area contributed by atoms with Gasteiger partial charge in [-0.3, -0.25) is 0 Å². The van der Waals surface area contributed by atoms with Gasteiger partial charge in [0.15, 0.2) is 6.39 Å². The van der Waals surface area contributed by atoms with E-state index in [1.807, 2.05) is 27.7 Å². The van der Waals surface area contributed by atoms with Crippen molar-refractivity contribution in [1.29, 1.82) is 0 Å². The van der Waals surface area contributed by atoms with Gasteiger partial charge in [0.1, 0.15) is 5.69 Å². The van der Waals surface area contributed by atoms with Crippen LogP contribution in [0.15, 0.2) is 16.9 Å². The van der Waals surface area contributed by atoms with Crippen molar-refractivity contribution >= 4 is 5.97 Å². The Morgan fingerprint density at radius 1 is 1.17 bits per heavy atom. The van der Waals surface area contributed by atoms with Crippen LogP contribution >= 0.6 is 0 Å². The molecule has 0 radical (unpaired) electrons. The van der Waals surface area contributed by atoms with Crippen molar-refractivity contribution in [1.82, 2.24) is 4.98 Å². The van der Waals surface area contributed by atoms with Crippen LogP contribution in [0.3, 0.4) is 0 Å². The van der Waals surface area contributed by atoms with Crippen LogP contribution in [0.2, 0.25) is 0 Å². The third-order valence-electron chi connectivity index (χ3n) is 3.36. The second kappa shape index (κ2) is 4.29. The number of aryl methyl sites for hydroxylation is 2. The summed E-state index contributed by atoms with van der Waals surface area (Å²) in [7, 11) is 0. The third kappa shape index (κ3) is 1.79. The zero-order valence-electron chi connectivity index (χ0n) is 10.9. The highest BCUT2D eigenvalue weighted by Gasteiger charge is 2.21. The molecule has 0 spiro atoms. The van der Waals surface area contributed by atoms with Crippen molar-refractivity contribution in [3.63, 3.8) is 0 Å². The smallest absolute Gasteiger partial charge is 0.374 e. The molecule has 2 rings (SSSR count). The SMILES string of the molecule is Cc1cc(C)c(C)c(-c2ncoc2C(=O)O)c1C. The van der Waals surface area contributed by atoms with Crippen LogP contribution in [0.25, 0.3) is 11.3 Å². The molecule has 2 aromatic rings. The highest BCUT2D eigenvalue weighted by Crippen LogP contribution is 2.32. The molecule has 94 valence electrons. The largest absolute Gasteiger partial charge is 0.475 e. The summed E-state index contributed by atoms with van der Waals surface area (Å²) in [5.41, 5.74) is 5.58. The van der Waals surface area contributed by atoms with E-state index in [1.165, 1.54) is 6.39 Å². The fourth-order valence-corrected chi connectivity index (χ4v) is 2.15. The molecule has 0 amide bonds. The van der Waals surface area contributed by atoms with Crippen LogP contribution in [0.1, 0.15) is 32.8 Å². The number of oxazole rings is 1. The van der Waals surface area contributed by atoms with Crippen molar-refractivity contribution < 1.29 is 14.3 Å². The normalized spacial score (nSPS) is 10.7. The summed E-state index contributed by atoms with van der Waals surface area (Å²) in [6, 6.07) is 2.09. The van der Waals surface area contributed by atoms with Gasteiger partial charge >= 0.3 is 5.97 Å². The van der Waals surface area contributed by atoms with Gasteiger partial charge < -0.3 is 9.52 Å². The van der Waals surface area contributed by atoms with Gasteiger partial charge in [0.25, 0.3) is 0 Å². The van der Waals surface area contributed by atoms with Crippen molar-refractivity contribution in [2.24, 2.45) is 0 Å². The van der Waals surface area contributed by atoms with Gasteiger partial charge in [-0.15, -0.1) is 0 Å². The van der Waals surface area contributed by atoms with Gasteiger partial charge in [-0.25, -0.2) is 9.78 Å². The van der Waals surface area contributed by atoms with E-state index in [4.69, 9.17) is 9.52 Å². The molecule has 1 N–H and O–H groups in total. The van der Waals surface area contributed by atoms with E-state index in [0.717, 1.165) is 27.8 Å². The molecule has 18 heavy (non-hydrogen) atoms. The Hall–Kier alpha value is -2.10. The highest BCUT2D eigenvalue weighted by molar-refractivity contribution is 5.93. The first-order valence-electron chi connectivity index (χ1n) is 5.68. The predicted octanol–water partition coefficient (Wildman–Crippen LogP) is 3.27. The Balaban J connectivity index is 2.79. The quantitative estimate of drug-likeness (QED) is 0.881. The van der Waals surface area contributed by atoms with E-state index in [2.05, 4.69) is 11.1 Å². The summed E-state index contributed by atoms with van der Waals surface area (Å²) < 4.78 is 4.96. The number of aromatic carboxylic acids is 1. The fourth-order valence-electron chi connectivity index (χ4n) is 2.15. The minimum Gasteiger partial charge on any atom is -0.475 e. The number of nitrogens with zero attached hydrogens (tertiary/aromatic N) is 1. The summed E-state index contributed by atoms with van der Waals surface area (Å²) in [5.74, 6) is -1.20. The number of carbonyl (C=O) groups is 1. The molecule has 0 saturated carbocycles. The highest BCUT2D eigenvalue weighted by atomic mass is 16.4. The van der Waals surface area contributed by atoms with Crippen molar-refractivity contribution in [2.75, 3.05) is 0 Å². The first-order chi connectivity index (χ1) is 8.43. The topological polar surface area (TPSA) is 63.3 Å². The number of hydrogen-bond acceptors (Lipinski definition) is 3. The van der Waals surface area contributed by atoms with E-state index < -0.39 is 5.97 Å². The second-order valence-electron chi connectivity index (χ2n) is 4.47. The van der Waals surface area contributed by atoms with E-state index in [-0.39, 0.29) is 5.76 Å². The molecule has 1 heterocycles. The maximum atomic E-state index is 11.1. The van der Waals surface area contributed by atoms with Crippen LogP contribution in [0.5, 0.6) is 0 Å². The summed E-state index contributed by atoms with van der Waals surface area (Å²) >= 11 is 0. The Morgan fingerprint density at radius 2 is 1.72 bits per heavy atom. The van der Waals surface area contributed by atoms with E-state index in [0.29, 0.717) is 5.69 Å². The van der Waals surface area contributed by atoms with E-state index >= 15 is 0 Å². The molecule has 0 bridgehead atoms. The molecule has 1 aromatic heterocycles. The molecule has 4 heteroatoms. The summed E-state index contributed by atoms with van der Waals surface area (Å²) in [5, 5.41) is 9.10. The van der Waals surface area contributed by atoms with Crippen LogP contribution in [-0.2, 0) is 0 Å². The average molecular weight is 245 g/mol. The minimum atomic E-state index is -1.10. The van der Waals surface area contributed by atoms with Crippen LogP contribution in [0, 0.1) is 27.7 Å². The molecule has 0 fully saturated rings. The number of carboxylic acid groups (broad SMARTS) is 1. The first kappa shape index (κ1) is 12.4. The average Bonchev–Trinajstić information content (AvgIpc) is 2.76. The molecule has 0 saturated heterocycles. The fraction of sp³-hybridized carbons (Fsp3) is 0.286. The third-order valence-corrected chi connectivity index (χ3v) is 3.36. The molecule has 0 aliphatic rings. The van der Waals surface area contributed by atoms with Crippen LogP contribution in [-0.4, -0.2) is 16.1 Å². The van der Waals surface area contributed by atoms with E-state index in [1.54, 1.807) is 0 Å². The molecule has 4 nitrogen and oxygen atoms in total. The molecule has 0 atom stereocenters. The summed E-state index contributed by atoms with van der Waals surface area (Å²) in [6.07, 6.45) is 1.18. The number of rotatable bonds is 2. The summed E-state index contributed by atoms with van der Waals surface area (Å²) in [6.45, 7) is 7.95. The van der Waals surface area contributed by atoms with Gasteiger partial charge in [-0.1, -0.05) is 6.07 Å². The summed E-state index contributed by atoms with van der Waals surface area (Å²) in [4.78, 5) is 15.2. The zero-order valence-corrected chi connectivity index (χ0v) is 10.9. The van der Waals surface area contributed by atoms with Crippen LogP contribution in [0.4, 0.5) is 0 Å². The standard InChI is InChI=1S/C14H15NO3/c1-7-5-8(2)10(4)11(9(7)3)12-13(14(16)17)18-6-15-12/h5-6H,1-4H3,(H,16,17). The van der Waals surface area contributed by atoms with Gasteiger partial charge in [-0.05, 0) is 49.9 Å². The first-order valence-corrected chi connectivity index (χ1v) is 5.68. The molecular formula is C14H15NO3. The Labute approximate surface area is 105 Å². The lowest BCUT2D eigenvalue weighted by Gasteiger charge is -2.13. The zero-order chi connectivity index (χ0) is 13.4. The number of hydrogen-bond donors (Lipinski definition) is 1. The van der Waals surface area contributed by atoms with E-state index in [9.17, 15) is 4.79 Å². The van der Waals surface area contributed by atoms with Crippen molar-refractivity contribution in [3.8, 4) is 11.3 Å². The van der Waals surface area contributed by atoms with Gasteiger partial charge in [0.05, 0.1) is 0 Å². The molecule has 0 aliphatic carbocycles. The lowest BCUT2D eigenvalue weighted by molar-refractivity contribution is 0.0663. The number of carboxylic acids is 1. The number of aromatic nitrogens is 1. The molecule has 1 aromatic carbocycles. The number of benzene rings is 1. The van der Waals surface area contributed by atoms with Gasteiger partial charge in [0.2, 0.25) is 5.76 Å². The molecule has 0 aliphatic heterocycles. The lowest BCUT2D eigenvalue weighted by atomic mass is 9.92. The van der Waals surface area contributed by atoms with Gasteiger partial charge in [-0.2, -0.15) is 0 Å². The Morgan fingerprint density at radius 3 is 2.22 bits per heavy atom. The van der Waals surface area contributed by atoms with Gasteiger partial charge in [0, 0.05) is 5.56 Å². The molecular weight excluding hydrogens is 230 g/mol. The minimum absolute atomic E-state index is 0.105. The monoisotopic (exact) mass is 245 g/mol. The maximum Gasteiger partial charge on any atom is 0.374 e. The molecule has 0 unspecified atom stereocenters. The maximum absolute atomic E-state index is 11.1. The van der Waals surface area contributed by atoms with Crippen LogP contribution < -0.4 is 0 Å². The van der Waals surface area contributed by atoms with Crippen molar-refractivity contribution in [3.05, 3.63) is 40.5 Å². The Kier molecular flexibility index (Phi) is 2.95. The second-order valence-corrected chi connectivity index (χ2v) is 4.47. The lowest BCUT2D eigenvalue weighted by Crippen LogP contribution is -2.01. The predicted molar refractivity (Wildman–Crippen MR) is 67.8 cm³/mol.